The van der Waals surface area contributed by atoms with Gasteiger partial charge in [-0.05, 0) is 73.0 Å². The van der Waals surface area contributed by atoms with Crippen LogP contribution in [-0.2, 0) is 4.43 Å². The van der Waals surface area contributed by atoms with Crippen LogP contribution in [0.3, 0.4) is 0 Å². The summed E-state index contributed by atoms with van der Waals surface area (Å²) in [5.74, 6) is 0.960. The minimum atomic E-state index is -1.82. The molecular formula is C28H48N2O2Si. The van der Waals surface area contributed by atoms with Gasteiger partial charge < -0.3 is 19.4 Å². The molecule has 2 saturated carbocycles. The highest BCUT2D eigenvalue weighted by Crippen LogP contribution is 2.43. The summed E-state index contributed by atoms with van der Waals surface area (Å²) in [6.07, 6.45) is 9.43. The Hall–Kier alpha value is -1.04. The summed E-state index contributed by atoms with van der Waals surface area (Å²) in [5.41, 5.74) is 3.56. The first-order valence-electron chi connectivity index (χ1n) is 13.7. The standard InChI is InChI=1S/C28H48N2O2Si/c1-21(2)33(22(3)4,23(5)6)32-19-18-31-25-14-12-24(13-15-25)30-20-28(16-9-17-28)29-26-10-7-8-11-27(26)30/h12-15,21-23,26-27,29H,7-11,16-20H2,1-6H3/t26-,27-/m0/s1. The van der Waals surface area contributed by atoms with Crippen LogP contribution in [0.2, 0.25) is 16.6 Å². The van der Waals surface area contributed by atoms with Crippen LogP contribution in [0.4, 0.5) is 5.69 Å². The Morgan fingerprint density at radius 3 is 2.12 bits per heavy atom. The van der Waals surface area contributed by atoms with Crippen molar-refractivity contribution in [3.8, 4) is 5.75 Å². The third kappa shape index (κ3) is 5.01. The summed E-state index contributed by atoms with van der Waals surface area (Å²) in [4.78, 5) is 2.72. The van der Waals surface area contributed by atoms with Crippen molar-refractivity contribution >= 4 is 14.0 Å². The van der Waals surface area contributed by atoms with E-state index in [1.165, 1.54) is 50.6 Å². The fourth-order valence-corrected chi connectivity index (χ4v) is 12.8. The van der Waals surface area contributed by atoms with Crippen molar-refractivity contribution in [3.63, 3.8) is 0 Å². The molecule has 0 amide bonds. The average molecular weight is 473 g/mol. The summed E-state index contributed by atoms with van der Waals surface area (Å²) >= 11 is 0. The van der Waals surface area contributed by atoms with Gasteiger partial charge >= 0.3 is 0 Å². The zero-order valence-corrected chi connectivity index (χ0v) is 23.0. The molecule has 186 valence electrons. The first-order valence-corrected chi connectivity index (χ1v) is 15.8. The summed E-state index contributed by atoms with van der Waals surface area (Å²) in [6, 6.07) is 10.2. The van der Waals surface area contributed by atoms with Gasteiger partial charge in [0.15, 0.2) is 8.32 Å². The molecule has 1 aromatic rings. The molecule has 0 unspecified atom stereocenters. The number of nitrogens with one attached hydrogen (secondary N) is 1. The van der Waals surface area contributed by atoms with Crippen LogP contribution in [0.1, 0.15) is 86.5 Å². The number of anilines is 1. The zero-order valence-electron chi connectivity index (χ0n) is 22.0. The van der Waals surface area contributed by atoms with Crippen LogP contribution in [0.25, 0.3) is 0 Å². The molecule has 2 aliphatic carbocycles. The predicted octanol–water partition coefficient (Wildman–Crippen LogP) is 6.90. The van der Waals surface area contributed by atoms with Gasteiger partial charge in [-0.25, -0.2) is 0 Å². The van der Waals surface area contributed by atoms with E-state index in [1.807, 2.05) is 0 Å². The van der Waals surface area contributed by atoms with Crippen molar-refractivity contribution in [1.82, 2.24) is 5.32 Å². The van der Waals surface area contributed by atoms with Crippen molar-refractivity contribution < 1.29 is 9.16 Å². The van der Waals surface area contributed by atoms with Gasteiger partial charge in [-0.2, -0.15) is 0 Å². The van der Waals surface area contributed by atoms with E-state index in [1.54, 1.807) is 0 Å². The fourth-order valence-electron chi connectivity index (χ4n) is 7.34. The van der Waals surface area contributed by atoms with Gasteiger partial charge in [-0.15, -0.1) is 0 Å². The molecule has 4 rings (SSSR count). The molecule has 1 aliphatic heterocycles. The van der Waals surface area contributed by atoms with E-state index in [-0.39, 0.29) is 0 Å². The molecule has 2 atom stereocenters. The molecule has 1 saturated heterocycles. The predicted molar refractivity (Wildman–Crippen MR) is 142 cm³/mol. The van der Waals surface area contributed by atoms with Gasteiger partial charge in [0.25, 0.3) is 0 Å². The number of hydrogen-bond acceptors (Lipinski definition) is 4. The SMILES string of the molecule is CC(C)[Si](OCCOc1ccc(N2CC3(CCC3)N[C@H]3CCCC[C@@H]32)cc1)(C(C)C)C(C)C. The Morgan fingerprint density at radius 1 is 0.909 bits per heavy atom. The normalized spacial score (nSPS) is 24.9. The van der Waals surface area contributed by atoms with Gasteiger partial charge in [-0.1, -0.05) is 54.4 Å². The molecular weight excluding hydrogens is 424 g/mol. The minimum absolute atomic E-state index is 0.366. The highest BCUT2D eigenvalue weighted by atomic mass is 28.4. The molecule has 1 aromatic carbocycles. The molecule has 0 radical (unpaired) electrons. The molecule has 1 N–H and O–H groups in total. The molecule has 4 nitrogen and oxygen atoms in total. The molecule has 3 fully saturated rings. The third-order valence-electron chi connectivity index (χ3n) is 8.98. The van der Waals surface area contributed by atoms with E-state index in [4.69, 9.17) is 9.16 Å². The van der Waals surface area contributed by atoms with E-state index in [0.717, 1.165) is 12.3 Å². The monoisotopic (exact) mass is 472 g/mol. The topological polar surface area (TPSA) is 33.7 Å². The average Bonchev–Trinajstić information content (AvgIpc) is 2.77. The van der Waals surface area contributed by atoms with Crippen LogP contribution in [-0.4, -0.2) is 45.7 Å². The van der Waals surface area contributed by atoms with Crippen molar-refractivity contribution in [1.29, 1.82) is 0 Å². The molecule has 1 spiro atoms. The maximum Gasteiger partial charge on any atom is 0.200 e. The van der Waals surface area contributed by atoms with E-state index in [0.29, 0.717) is 47.5 Å². The Bertz CT molecular complexity index is 738. The van der Waals surface area contributed by atoms with Crippen molar-refractivity contribution in [3.05, 3.63) is 24.3 Å². The second-order valence-corrected chi connectivity index (χ2v) is 17.3. The summed E-state index contributed by atoms with van der Waals surface area (Å²) in [5, 5.41) is 4.07. The number of ether oxygens (including phenoxy) is 1. The maximum atomic E-state index is 6.65. The van der Waals surface area contributed by atoms with E-state index >= 15 is 0 Å². The quantitative estimate of drug-likeness (QED) is 0.313. The van der Waals surface area contributed by atoms with E-state index in [2.05, 4.69) is 76.0 Å². The lowest BCUT2D eigenvalue weighted by molar-refractivity contribution is 0.105. The molecule has 5 heteroatoms. The van der Waals surface area contributed by atoms with Crippen LogP contribution in [0.15, 0.2) is 24.3 Å². The van der Waals surface area contributed by atoms with Crippen molar-refractivity contribution in [2.75, 3.05) is 24.7 Å². The molecule has 33 heavy (non-hydrogen) atoms. The number of nitrogens with zero attached hydrogens (tertiary/aromatic N) is 1. The lowest BCUT2D eigenvalue weighted by Gasteiger charge is -2.58. The van der Waals surface area contributed by atoms with Gasteiger partial charge in [0.2, 0.25) is 0 Å². The number of benzene rings is 1. The Labute approximate surface area is 203 Å². The van der Waals surface area contributed by atoms with Crippen molar-refractivity contribution in [2.24, 2.45) is 0 Å². The summed E-state index contributed by atoms with van der Waals surface area (Å²) in [7, 11) is -1.82. The molecule has 3 aliphatic rings. The van der Waals surface area contributed by atoms with Gasteiger partial charge in [0, 0.05) is 29.9 Å². The largest absolute Gasteiger partial charge is 0.491 e. The van der Waals surface area contributed by atoms with Crippen LogP contribution < -0.4 is 15.0 Å². The first kappa shape index (κ1) is 25.1. The first-order chi connectivity index (χ1) is 15.8. The van der Waals surface area contributed by atoms with Crippen LogP contribution >= 0.6 is 0 Å². The van der Waals surface area contributed by atoms with E-state index < -0.39 is 8.32 Å². The van der Waals surface area contributed by atoms with Gasteiger partial charge in [-0.3, -0.25) is 0 Å². The molecule has 0 bridgehead atoms. The summed E-state index contributed by atoms with van der Waals surface area (Å²) < 4.78 is 12.8. The number of fused-ring (bicyclic) bond motifs is 1. The highest BCUT2D eigenvalue weighted by molar-refractivity contribution is 6.77. The number of piperazine rings is 1. The minimum Gasteiger partial charge on any atom is -0.491 e. The lowest BCUT2D eigenvalue weighted by atomic mass is 9.71. The van der Waals surface area contributed by atoms with Crippen LogP contribution in [0.5, 0.6) is 5.75 Å². The number of rotatable bonds is 9. The van der Waals surface area contributed by atoms with Crippen molar-refractivity contribution in [2.45, 2.75) is 121 Å². The Balaban J connectivity index is 1.35. The summed E-state index contributed by atoms with van der Waals surface area (Å²) in [6.45, 7) is 16.5. The smallest absolute Gasteiger partial charge is 0.200 e. The second kappa shape index (κ2) is 10.3. The van der Waals surface area contributed by atoms with E-state index in [9.17, 15) is 0 Å². The van der Waals surface area contributed by atoms with Gasteiger partial charge in [0.05, 0.1) is 6.61 Å². The number of hydrogen-bond donors (Lipinski definition) is 1. The second-order valence-electron chi connectivity index (χ2n) is 11.9. The third-order valence-corrected chi connectivity index (χ3v) is 15.1. The van der Waals surface area contributed by atoms with Gasteiger partial charge in [0.1, 0.15) is 12.4 Å². The Kier molecular flexibility index (Phi) is 7.82. The fraction of sp³-hybridized carbons (Fsp3) is 0.786. The molecule has 0 aromatic heterocycles. The highest BCUT2D eigenvalue weighted by Gasteiger charge is 2.48. The lowest BCUT2D eigenvalue weighted by Crippen LogP contribution is -2.72. The zero-order chi connectivity index (χ0) is 23.6. The molecule has 1 heterocycles. The maximum absolute atomic E-state index is 6.65. The van der Waals surface area contributed by atoms with Crippen LogP contribution in [0, 0.1) is 0 Å². The Morgan fingerprint density at radius 2 is 1.55 bits per heavy atom.